The molecule has 7 heteroatoms. The number of nitrogens with zero attached hydrogens (tertiary/aromatic N) is 2. The number of carbonyl (C=O) groups excluding carboxylic acids is 1. The average Bonchev–Trinajstić information content (AvgIpc) is 3.02. The van der Waals surface area contributed by atoms with E-state index in [1.807, 2.05) is 0 Å². The van der Waals surface area contributed by atoms with Crippen LogP contribution in [0, 0.1) is 17.2 Å². The van der Waals surface area contributed by atoms with Gasteiger partial charge in [-0.3, -0.25) is 0 Å². The van der Waals surface area contributed by atoms with Gasteiger partial charge in [-0.1, -0.05) is 0 Å². The standard InChI is InChI=1S/C13H17N3O3S/c1-18-7-8-3-4-16(6-8)12-9(5-14)10(15)11(20-12)13(17)19-2/h8H,3-4,6-7,15H2,1-2H3. The van der Waals surface area contributed by atoms with Gasteiger partial charge in [-0.2, -0.15) is 5.26 Å². The lowest BCUT2D eigenvalue weighted by molar-refractivity contribution is 0.0607. The van der Waals surface area contributed by atoms with Gasteiger partial charge in [0.05, 0.1) is 19.4 Å². The van der Waals surface area contributed by atoms with Gasteiger partial charge in [-0.05, 0) is 6.42 Å². The fraction of sp³-hybridized carbons (Fsp3) is 0.538. The number of ether oxygens (including phenoxy) is 2. The van der Waals surface area contributed by atoms with Crippen LogP contribution < -0.4 is 10.6 Å². The van der Waals surface area contributed by atoms with E-state index in [0.717, 1.165) is 24.5 Å². The molecule has 0 saturated carbocycles. The second-order valence-corrected chi connectivity index (χ2v) is 5.68. The van der Waals surface area contributed by atoms with E-state index in [4.69, 9.17) is 15.2 Å². The van der Waals surface area contributed by atoms with Gasteiger partial charge in [-0.15, -0.1) is 11.3 Å². The normalized spacial score (nSPS) is 18.1. The highest BCUT2D eigenvalue weighted by Crippen LogP contribution is 2.40. The van der Waals surface area contributed by atoms with Gasteiger partial charge in [0, 0.05) is 26.1 Å². The molecule has 1 aromatic heterocycles. The van der Waals surface area contributed by atoms with Crippen molar-refractivity contribution in [3.05, 3.63) is 10.4 Å². The number of anilines is 2. The summed E-state index contributed by atoms with van der Waals surface area (Å²) >= 11 is 1.22. The van der Waals surface area contributed by atoms with E-state index in [9.17, 15) is 10.1 Å². The SMILES string of the molecule is COCC1CCN(c2sc(C(=O)OC)c(N)c2C#N)C1. The van der Waals surface area contributed by atoms with Crippen molar-refractivity contribution in [3.8, 4) is 6.07 Å². The molecule has 1 aromatic rings. The molecule has 0 spiro atoms. The lowest BCUT2D eigenvalue weighted by Crippen LogP contribution is -2.20. The minimum atomic E-state index is -0.497. The van der Waals surface area contributed by atoms with Crippen molar-refractivity contribution in [2.75, 3.05) is 44.5 Å². The molecule has 0 amide bonds. The zero-order chi connectivity index (χ0) is 14.7. The van der Waals surface area contributed by atoms with Gasteiger partial charge < -0.3 is 20.1 Å². The summed E-state index contributed by atoms with van der Waals surface area (Å²) in [6.07, 6.45) is 1.00. The first-order valence-corrected chi connectivity index (χ1v) is 7.08. The molecule has 0 aromatic carbocycles. The first kappa shape index (κ1) is 14.6. The van der Waals surface area contributed by atoms with E-state index in [1.165, 1.54) is 18.4 Å². The summed E-state index contributed by atoms with van der Waals surface area (Å²) in [6.45, 7) is 2.34. The van der Waals surface area contributed by atoms with Gasteiger partial charge in [0.2, 0.25) is 0 Å². The zero-order valence-electron chi connectivity index (χ0n) is 11.5. The summed E-state index contributed by atoms with van der Waals surface area (Å²) < 4.78 is 9.86. The first-order chi connectivity index (χ1) is 9.62. The van der Waals surface area contributed by atoms with Crippen molar-refractivity contribution in [1.82, 2.24) is 0 Å². The maximum Gasteiger partial charge on any atom is 0.350 e. The largest absolute Gasteiger partial charge is 0.465 e. The van der Waals surface area contributed by atoms with Crippen molar-refractivity contribution < 1.29 is 14.3 Å². The molecule has 1 aliphatic rings. The Morgan fingerprint density at radius 1 is 1.60 bits per heavy atom. The second kappa shape index (κ2) is 6.11. The molecule has 1 aliphatic heterocycles. The van der Waals surface area contributed by atoms with E-state index in [1.54, 1.807) is 7.11 Å². The Morgan fingerprint density at radius 3 is 2.95 bits per heavy atom. The number of rotatable bonds is 4. The number of nitrogens with two attached hydrogens (primary N) is 1. The van der Waals surface area contributed by atoms with Crippen molar-refractivity contribution in [1.29, 1.82) is 5.26 Å². The molecule has 0 radical (unpaired) electrons. The third-order valence-corrected chi connectivity index (χ3v) is 4.63. The summed E-state index contributed by atoms with van der Waals surface area (Å²) in [5.41, 5.74) is 6.47. The summed E-state index contributed by atoms with van der Waals surface area (Å²) in [5.74, 6) is -0.0562. The fourth-order valence-corrected chi connectivity index (χ4v) is 3.52. The predicted molar refractivity (Wildman–Crippen MR) is 77.0 cm³/mol. The Labute approximate surface area is 121 Å². The molecule has 2 heterocycles. The Bertz CT molecular complexity index is 550. The first-order valence-electron chi connectivity index (χ1n) is 6.26. The van der Waals surface area contributed by atoms with Crippen LogP contribution in [0.2, 0.25) is 0 Å². The molecule has 2 rings (SSSR count). The lowest BCUT2D eigenvalue weighted by atomic mass is 10.1. The number of carbonyl (C=O) groups is 1. The molecule has 108 valence electrons. The number of nitrogen functional groups attached to an aromatic ring is 1. The van der Waals surface area contributed by atoms with Gasteiger partial charge in [0.15, 0.2) is 0 Å². The van der Waals surface area contributed by atoms with Gasteiger partial charge in [0.1, 0.15) is 21.5 Å². The predicted octanol–water partition coefficient (Wildman–Crippen LogP) is 1.46. The van der Waals surface area contributed by atoms with E-state index in [2.05, 4.69) is 11.0 Å². The highest BCUT2D eigenvalue weighted by atomic mass is 32.1. The highest BCUT2D eigenvalue weighted by Gasteiger charge is 2.29. The van der Waals surface area contributed by atoms with E-state index in [-0.39, 0.29) is 5.69 Å². The summed E-state index contributed by atoms with van der Waals surface area (Å²) in [4.78, 5) is 14.1. The third-order valence-electron chi connectivity index (χ3n) is 3.38. The molecule has 20 heavy (non-hydrogen) atoms. The van der Waals surface area contributed by atoms with Crippen LogP contribution in [0.15, 0.2) is 0 Å². The Morgan fingerprint density at radius 2 is 2.35 bits per heavy atom. The van der Waals surface area contributed by atoms with Gasteiger partial charge >= 0.3 is 5.97 Å². The van der Waals surface area contributed by atoms with Crippen molar-refractivity contribution in [2.45, 2.75) is 6.42 Å². The Balaban J connectivity index is 2.29. The van der Waals surface area contributed by atoms with Crippen LogP contribution in [-0.4, -0.2) is 39.9 Å². The van der Waals surface area contributed by atoms with Gasteiger partial charge in [-0.25, -0.2) is 4.79 Å². The number of nitriles is 1. The number of hydrogen-bond acceptors (Lipinski definition) is 7. The van der Waals surface area contributed by atoms with Crippen molar-refractivity contribution in [2.24, 2.45) is 5.92 Å². The molecule has 2 N–H and O–H groups in total. The van der Waals surface area contributed by atoms with Crippen LogP contribution in [0.1, 0.15) is 21.7 Å². The minimum Gasteiger partial charge on any atom is -0.465 e. The minimum absolute atomic E-state index is 0.217. The lowest BCUT2D eigenvalue weighted by Gasteiger charge is -2.16. The number of thiophene rings is 1. The van der Waals surface area contributed by atoms with Crippen molar-refractivity contribution >= 4 is 28.0 Å². The maximum atomic E-state index is 11.7. The molecule has 0 bridgehead atoms. The second-order valence-electron chi connectivity index (χ2n) is 4.68. The van der Waals surface area contributed by atoms with Crippen molar-refractivity contribution in [3.63, 3.8) is 0 Å². The topological polar surface area (TPSA) is 88.6 Å². The van der Waals surface area contributed by atoms with Crippen LogP contribution >= 0.6 is 11.3 Å². The number of hydrogen-bond donors (Lipinski definition) is 1. The van der Waals surface area contributed by atoms with Crippen LogP contribution in [0.5, 0.6) is 0 Å². The Hall–Kier alpha value is -1.78. The van der Waals surface area contributed by atoms with Gasteiger partial charge in [0.25, 0.3) is 0 Å². The molecular formula is C13H17N3O3S. The summed E-state index contributed by atoms with van der Waals surface area (Å²) in [7, 11) is 2.99. The number of methoxy groups -OCH3 is 2. The van der Waals surface area contributed by atoms with E-state index >= 15 is 0 Å². The maximum absolute atomic E-state index is 11.7. The smallest absolute Gasteiger partial charge is 0.350 e. The van der Waals surface area contributed by atoms with E-state index in [0.29, 0.717) is 23.0 Å². The fourth-order valence-electron chi connectivity index (χ4n) is 2.40. The summed E-state index contributed by atoms with van der Waals surface area (Å²) in [6, 6.07) is 2.09. The Kier molecular flexibility index (Phi) is 4.47. The molecule has 1 fully saturated rings. The van der Waals surface area contributed by atoms with Crippen LogP contribution in [0.25, 0.3) is 0 Å². The molecule has 1 atom stereocenters. The van der Waals surface area contributed by atoms with Crippen LogP contribution in [0.4, 0.5) is 10.7 Å². The monoisotopic (exact) mass is 295 g/mol. The highest BCUT2D eigenvalue weighted by molar-refractivity contribution is 7.18. The molecule has 0 aliphatic carbocycles. The van der Waals surface area contributed by atoms with Crippen LogP contribution in [0.3, 0.4) is 0 Å². The number of esters is 1. The van der Waals surface area contributed by atoms with E-state index < -0.39 is 5.97 Å². The third kappa shape index (κ3) is 2.57. The quantitative estimate of drug-likeness (QED) is 0.846. The summed E-state index contributed by atoms with van der Waals surface area (Å²) in [5, 5.41) is 10.0. The molecule has 6 nitrogen and oxygen atoms in total. The van der Waals surface area contributed by atoms with Crippen LogP contribution in [-0.2, 0) is 9.47 Å². The molecule has 1 saturated heterocycles. The molecular weight excluding hydrogens is 278 g/mol. The zero-order valence-corrected chi connectivity index (χ0v) is 12.3. The molecule has 1 unspecified atom stereocenters. The average molecular weight is 295 g/mol.